The number of pyridine rings is 1. The number of likely N-dealkylation sites (tertiary alicyclic amines) is 1. The van der Waals surface area contributed by atoms with E-state index >= 15 is 0 Å². The van der Waals surface area contributed by atoms with Gasteiger partial charge in [-0.05, 0) is 48.7 Å². The fourth-order valence-corrected chi connectivity index (χ4v) is 4.08. The standard InChI is InChI=1S/C24H28N4/c25-23-14-5-4-13-22(23)24(19-9-2-1-3-10-19)27-21-12-8-16-28(18-21)17-20-11-6-7-15-26-20/h1-7,9-11,13-15,21,24,27H,8,12,16-18,25H2. The summed E-state index contributed by atoms with van der Waals surface area (Å²) in [6.45, 7) is 3.05. The van der Waals surface area contributed by atoms with Crippen LogP contribution in [0.5, 0.6) is 0 Å². The van der Waals surface area contributed by atoms with Crippen LogP contribution in [0.25, 0.3) is 0 Å². The molecule has 1 saturated heterocycles. The first-order valence-corrected chi connectivity index (χ1v) is 10.1. The molecule has 3 N–H and O–H groups in total. The molecule has 0 aliphatic carbocycles. The zero-order valence-corrected chi connectivity index (χ0v) is 16.2. The van der Waals surface area contributed by atoms with Gasteiger partial charge in [0.25, 0.3) is 0 Å². The number of hydrogen-bond donors (Lipinski definition) is 2. The van der Waals surface area contributed by atoms with E-state index < -0.39 is 0 Å². The Morgan fingerprint density at radius 1 is 1.00 bits per heavy atom. The number of hydrogen-bond acceptors (Lipinski definition) is 4. The predicted octanol–water partition coefficient (Wildman–Crippen LogP) is 4.01. The lowest BCUT2D eigenvalue weighted by Crippen LogP contribution is -2.46. The van der Waals surface area contributed by atoms with Crippen LogP contribution in [0.15, 0.2) is 79.0 Å². The minimum Gasteiger partial charge on any atom is -0.398 e. The third-order valence-electron chi connectivity index (χ3n) is 5.46. The van der Waals surface area contributed by atoms with Gasteiger partial charge in [0.15, 0.2) is 0 Å². The number of rotatable bonds is 6. The Labute approximate surface area is 167 Å². The Morgan fingerprint density at radius 3 is 2.57 bits per heavy atom. The van der Waals surface area contributed by atoms with Gasteiger partial charge in [-0.25, -0.2) is 0 Å². The van der Waals surface area contributed by atoms with Crippen molar-refractivity contribution < 1.29 is 0 Å². The summed E-state index contributed by atoms with van der Waals surface area (Å²) >= 11 is 0. The van der Waals surface area contributed by atoms with Crippen LogP contribution in [0.3, 0.4) is 0 Å². The van der Waals surface area contributed by atoms with Gasteiger partial charge in [0.2, 0.25) is 0 Å². The van der Waals surface area contributed by atoms with E-state index in [1.54, 1.807) is 0 Å². The normalized spacial score (nSPS) is 18.6. The van der Waals surface area contributed by atoms with Gasteiger partial charge in [0, 0.05) is 31.0 Å². The summed E-state index contributed by atoms with van der Waals surface area (Å²) < 4.78 is 0. The summed E-state index contributed by atoms with van der Waals surface area (Å²) in [6.07, 6.45) is 4.24. The molecule has 0 amide bonds. The van der Waals surface area contributed by atoms with Gasteiger partial charge in [-0.1, -0.05) is 54.6 Å². The molecule has 4 nitrogen and oxygen atoms in total. The maximum absolute atomic E-state index is 6.33. The van der Waals surface area contributed by atoms with Gasteiger partial charge < -0.3 is 11.1 Å². The maximum atomic E-state index is 6.33. The van der Waals surface area contributed by atoms with E-state index in [0.29, 0.717) is 6.04 Å². The van der Waals surface area contributed by atoms with Crippen molar-refractivity contribution in [2.45, 2.75) is 31.5 Å². The van der Waals surface area contributed by atoms with Crippen LogP contribution in [0.4, 0.5) is 5.69 Å². The maximum Gasteiger partial charge on any atom is 0.0599 e. The van der Waals surface area contributed by atoms with Gasteiger partial charge in [0.1, 0.15) is 0 Å². The summed E-state index contributed by atoms with van der Waals surface area (Å²) in [4.78, 5) is 6.99. The molecule has 0 spiro atoms. The van der Waals surface area contributed by atoms with Crippen LogP contribution in [0, 0.1) is 0 Å². The van der Waals surface area contributed by atoms with E-state index in [0.717, 1.165) is 36.6 Å². The zero-order chi connectivity index (χ0) is 19.2. The van der Waals surface area contributed by atoms with Gasteiger partial charge in [-0.15, -0.1) is 0 Å². The van der Waals surface area contributed by atoms with Crippen molar-refractivity contribution >= 4 is 5.69 Å². The minimum absolute atomic E-state index is 0.0993. The Balaban J connectivity index is 1.51. The number of anilines is 1. The number of benzene rings is 2. The molecule has 0 saturated carbocycles. The quantitative estimate of drug-likeness (QED) is 0.642. The van der Waals surface area contributed by atoms with Crippen LogP contribution in [-0.4, -0.2) is 29.0 Å². The molecule has 4 heteroatoms. The van der Waals surface area contributed by atoms with Crippen molar-refractivity contribution in [1.82, 2.24) is 15.2 Å². The monoisotopic (exact) mass is 372 g/mol. The Hall–Kier alpha value is -2.69. The van der Waals surface area contributed by atoms with Crippen molar-refractivity contribution in [2.75, 3.05) is 18.8 Å². The molecule has 2 atom stereocenters. The van der Waals surface area contributed by atoms with Gasteiger partial charge in [0.05, 0.1) is 11.7 Å². The Bertz CT molecular complexity index is 866. The molecule has 2 aromatic carbocycles. The molecule has 0 bridgehead atoms. The highest BCUT2D eigenvalue weighted by Gasteiger charge is 2.25. The zero-order valence-electron chi connectivity index (χ0n) is 16.2. The second-order valence-corrected chi connectivity index (χ2v) is 7.53. The second-order valence-electron chi connectivity index (χ2n) is 7.53. The third-order valence-corrected chi connectivity index (χ3v) is 5.46. The predicted molar refractivity (Wildman–Crippen MR) is 115 cm³/mol. The first-order valence-electron chi connectivity index (χ1n) is 10.1. The molecule has 144 valence electrons. The van der Waals surface area contributed by atoms with Crippen molar-refractivity contribution in [2.24, 2.45) is 0 Å². The third kappa shape index (κ3) is 4.58. The summed E-state index contributed by atoms with van der Waals surface area (Å²) in [5.74, 6) is 0. The fourth-order valence-electron chi connectivity index (χ4n) is 4.08. The van der Waals surface area contributed by atoms with Crippen molar-refractivity contribution in [3.05, 3.63) is 95.8 Å². The number of para-hydroxylation sites is 1. The lowest BCUT2D eigenvalue weighted by Gasteiger charge is -2.35. The Morgan fingerprint density at radius 2 is 1.79 bits per heavy atom. The number of aromatic nitrogens is 1. The number of piperidine rings is 1. The first-order chi connectivity index (χ1) is 13.8. The minimum atomic E-state index is 0.0993. The first kappa shape index (κ1) is 18.7. The van der Waals surface area contributed by atoms with Crippen LogP contribution in [0.2, 0.25) is 0 Å². The molecule has 1 aliphatic rings. The second kappa shape index (κ2) is 9.00. The highest BCUT2D eigenvalue weighted by atomic mass is 15.2. The molecule has 1 aliphatic heterocycles. The molecule has 2 unspecified atom stereocenters. The smallest absolute Gasteiger partial charge is 0.0599 e. The largest absolute Gasteiger partial charge is 0.398 e. The van der Waals surface area contributed by atoms with Crippen LogP contribution >= 0.6 is 0 Å². The van der Waals surface area contributed by atoms with Crippen LogP contribution in [0.1, 0.15) is 35.7 Å². The van der Waals surface area contributed by atoms with E-state index in [1.807, 2.05) is 24.4 Å². The van der Waals surface area contributed by atoms with Gasteiger partial charge in [-0.2, -0.15) is 0 Å². The topological polar surface area (TPSA) is 54.2 Å². The van der Waals surface area contributed by atoms with Gasteiger partial charge in [-0.3, -0.25) is 9.88 Å². The summed E-state index contributed by atoms with van der Waals surface area (Å²) in [5.41, 5.74) is 10.7. The summed E-state index contributed by atoms with van der Waals surface area (Å²) in [5, 5.41) is 3.90. The van der Waals surface area contributed by atoms with E-state index in [9.17, 15) is 0 Å². The van der Waals surface area contributed by atoms with E-state index in [4.69, 9.17) is 5.73 Å². The SMILES string of the molecule is Nc1ccccc1C(NC1CCCN(Cc2ccccn2)C1)c1ccccc1. The van der Waals surface area contributed by atoms with Crippen molar-refractivity contribution in [1.29, 1.82) is 0 Å². The van der Waals surface area contributed by atoms with Gasteiger partial charge >= 0.3 is 0 Å². The average Bonchev–Trinajstić information content (AvgIpc) is 2.74. The van der Waals surface area contributed by atoms with E-state index in [2.05, 4.69) is 69.8 Å². The summed E-state index contributed by atoms with van der Waals surface area (Å²) in [7, 11) is 0. The Kier molecular flexibility index (Phi) is 6.00. The number of nitrogens with one attached hydrogen (secondary N) is 1. The van der Waals surface area contributed by atoms with Crippen LogP contribution in [-0.2, 0) is 6.54 Å². The highest BCUT2D eigenvalue weighted by Crippen LogP contribution is 2.28. The molecule has 28 heavy (non-hydrogen) atoms. The average molecular weight is 373 g/mol. The number of nitrogens with two attached hydrogens (primary N) is 1. The van der Waals surface area contributed by atoms with E-state index in [-0.39, 0.29) is 6.04 Å². The molecular formula is C24H28N4. The molecule has 4 rings (SSSR count). The van der Waals surface area contributed by atoms with Crippen molar-refractivity contribution in [3.63, 3.8) is 0 Å². The molecule has 3 aromatic rings. The molecular weight excluding hydrogens is 344 g/mol. The van der Waals surface area contributed by atoms with Crippen LogP contribution < -0.4 is 11.1 Å². The van der Waals surface area contributed by atoms with E-state index in [1.165, 1.54) is 18.4 Å². The molecule has 2 heterocycles. The highest BCUT2D eigenvalue weighted by molar-refractivity contribution is 5.51. The lowest BCUT2D eigenvalue weighted by molar-refractivity contribution is 0.177. The molecule has 1 aromatic heterocycles. The molecule has 1 fully saturated rings. The number of nitrogens with zero attached hydrogens (tertiary/aromatic N) is 2. The molecule has 0 radical (unpaired) electrons. The lowest BCUT2D eigenvalue weighted by atomic mass is 9.95. The van der Waals surface area contributed by atoms with Crippen molar-refractivity contribution in [3.8, 4) is 0 Å². The number of nitrogen functional groups attached to an aromatic ring is 1. The fraction of sp³-hybridized carbons (Fsp3) is 0.292. The summed E-state index contributed by atoms with van der Waals surface area (Å²) in [6, 6.07) is 25.4.